The second kappa shape index (κ2) is 5.01. The number of piperazine rings is 1. The minimum atomic E-state index is 0.187. The quantitative estimate of drug-likeness (QED) is 0.811. The normalized spacial score (nSPS) is 17.0. The Hall–Kier alpha value is -1.88. The van der Waals surface area contributed by atoms with Gasteiger partial charge in [-0.15, -0.1) is 0 Å². The Bertz CT molecular complexity index is 585. The topological polar surface area (TPSA) is 49.6 Å². The number of rotatable bonds is 2. The second-order valence-electron chi connectivity index (χ2n) is 5.02. The number of oxazole rings is 1. The molecule has 0 saturated carbocycles. The molecule has 1 aromatic heterocycles. The van der Waals surface area contributed by atoms with E-state index in [1.165, 1.54) is 6.39 Å². The number of carbonyl (C=O) groups is 1. The Kier molecular flexibility index (Phi) is 3.21. The first-order valence-electron chi connectivity index (χ1n) is 6.51. The number of hydrogen-bond acceptors (Lipinski definition) is 4. The summed E-state index contributed by atoms with van der Waals surface area (Å²) in [4.78, 5) is 20.5. The maximum Gasteiger partial charge on any atom is 0.227 e. The van der Waals surface area contributed by atoms with E-state index in [9.17, 15) is 4.79 Å². The molecule has 0 unspecified atom stereocenters. The van der Waals surface area contributed by atoms with Crippen molar-refractivity contribution in [2.45, 2.75) is 6.42 Å². The molecule has 100 valence electrons. The van der Waals surface area contributed by atoms with Crippen molar-refractivity contribution < 1.29 is 9.21 Å². The summed E-state index contributed by atoms with van der Waals surface area (Å²) in [5.41, 5.74) is 2.55. The lowest BCUT2D eigenvalue weighted by molar-refractivity contribution is -0.132. The van der Waals surface area contributed by atoms with Crippen molar-refractivity contribution >= 4 is 17.0 Å². The molecule has 5 heteroatoms. The number of nitrogens with zero attached hydrogens (tertiary/aromatic N) is 3. The Labute approximate surface area is 111 Å². The van der Waals surface area contributed by atoms with Crippen LogP contribution in [0.2, 0.25) is 0 Å². The number of benzene rings is 1. The first kappa shape index (κ1) is 12.2. The van der Waals surface area contributed by atoms with E-state index >= 15 is 0 Å². The molecular weight excluding hydrogens is 242 g/mol. The van der Waals surface area contributed by atoms with Gasteiger partial charge in [-0.3, -0.25) is 4.79 Å². The highest BCUT2D eigenvalue weighted by Crippen LogP contribution is 2.15. The molecule has 0 bridgehead atoms. The van der Waals surface area contributed by atoms with Gasteiger partial charge in [0.1, 0.15) is 5.52 Å². The van der Waals surface area contributed by atoms with Crippen LogP contribution in [0, 0.1) is 0 Å². The van der Waals surface area contributed by atoms with Gasteiger partial charge < -0.3 is 14.2 Å². The molecule has 2 aromatic rings. The van der Waals surface area contributed by atoms with Gasteiger partial charge in [0.15, 0.2) is 12.0 Å². The summed E-state index contributed by atoms with van der Waals surface area (Å²) in [5, 5.41) is 0. The summed E-state index contributed by atoms with van der Waals surface area (Å²) in [6, 6.07) is 5.74. The van der Waals surface area contributed by atoms with Crippen molar-refractivity contribution in [3.63, 3.8) is 0 Å². The van der Waals surface area contributed by atoms with Gasteiger partial charge in [-0.1, -0.05) is 6.07 Å². The lowest BCUT2D eigenvalue weighted by Gasteiger charge is -2.32. The molecule has 5 nitrogen and oxygen atoms in total. The number of fused-ring (bicyclic) bond motifs is 1. The Morgan fingerprint density at radius 2 is 2.11 bits per heavy atom. The molecule has 0 spiro atoms. The van der Waals surface area contributed by atoms with Crippen LogP contribution in [0.4, 0.5) is 0 Å². The molecule has 0 atom stereocenters. The molecule has 1 aliphatic heterocycles. The van der Waals surface area contributed by atoms with Gasteiger partial charge in [-0.05, 0) is 24.7 Å². The summed E-state index contributed by atoms with van der Waals surface area (Å²) in [7, 11) is 2.08. The second-order valence-corrected chi connectivity index (χ2v) is 5.02. The van der Waals surface area contributed by atoms with Gasteiger partial charge in [0.25, 0.3) is 0 Å². The Morgan fingerprint density at radius 1 is 1.32 bits per heavy atom. The Balaban J connectivity index is 1.68. The van der Waals surface area contributed by atoms with Crippen molar-refractivity contribution in [1.82, 2.24) is 14.8 Å². The van der Waals surface area contributed by atoms with E-state index in [0.29, 0.717) is 6.42 Å². The van der Waals surface area contributed by atoms with Gasteiger partial charge in [0.05, 0.1) is 6.42 Å². The minimum absolute atomic E-state index is 0.187. The van der Waals surface area contributed by atoms with E-state index < -0.39 is 0 Å². The summed E-state index contributed by atoms with van der Waals surface area (Å²) >= 11 is 0. The largest absolute Gasteiger partial charge is 0.443 e. The minimum Gasteiger partial charge on any atom is -0.443 e. The van der Waals surface area contributed by atoms with Crippen LogP contribution in [0.3, 0.4) is 0 Å². The van der Waals surface area contributed by atoms with E-state index in [1.54, 1.807) is 0 Å². The summed E-state index contributed by atoms with van der Waals surface area (Å²) in [5.74, 6) is 0.187. The number of likely N-dealkylation sites (N-methyl/N-ethyl adjacent to an activating group) is 1. The van der Waals surface area contributed by atoms with Crippen molar-refractivity contribution in [2.24, 2.45) is 0 Å². The van der Waals surface area contributed by atoms with E-state index in [2.05, 4.69) is 16.9 Å². The summed E-state index contributed by atoms with van der Waals surface area (Å²) < 4.78 is 5.26. The zero-order valence-electron chi connectivity index (χ0n) is 11.0. The van der Waals surface area contributed by atoms with Crippen LogP contribution in [0.5, 0.6) is 0 Å². The van der Waals surface area contributed by atoms with Gasteiger partial charge in [-0.25, -0.2) is 4.98 Å². The smallest absolute Gasteiger partial charge is 0.227 e. The zero-order valence-corrected chi connectivity index (χ0v) is 11.0. The van der Waals surface area contributed by atoms with E-state index in [0.717, 1.165) is 42.8 Å². The predicted molar refractivity (Wildman–Crippen MR) is 71.8 cm³/mol. The molecule has 19 heavy (non-hydrogen) atoms. The zero-order chi connectivity index (χ0) is 13.2. The maximum atomic E-state index is 12.2. The van der Waals surface area contributed by atoms with E-state index in [-0.39, 0.29) is 5.91 Å². The standard InChI is InChI=1S/C14H17N3O2/c1-16-4-6-17(7-5-16)14(18)9-11-2-3-12-13(8-11)19-10-15-12/h2-3,8,10H,4-7,9H2,1H3. The van der Waals surface area contributed by atoms with Crippen molar-refractivity contribution in [3.05, 3.63) is 30.2 Å². The fourth-order valence-electron chi connectivity index (χ4n) is 2.35. The third-order valence-corrected chi connectivity index (χ3v) is 3.61. The first-order valence-corrected chi connectivity index (χ1v) is 6.51. The highest BCUT2D eigenvalue weighted by Gasteiger charge is 2.19. The molecule has 2 heterocycles. The summed E-state index contributed by atoms with van der Waals surface area (Å²) in [6.07, 6.45) is 1.86. The number of carbonyl (C=O) groups excluding carboxylic acids is 1. The molecule has 3 rings (SSSR count). The maximum absolute atomic E-state index is 12.2. The van der Waals surface area contributed by atoms with Crippen LogP contribution in [0.1, 0.15) is 5.56 Å². The Morgan fingerprint density at radius 3 is 2.89 bits per heavy atom. The molecule has 0 radical (unpaired) electrons. The van der Waals surface area contributed by atoms with Gasteiger partial charge >= 0.3 is 0 Å². The number of amides is 1. The van der Waals surface area contributed by atoms with Crippen LogP contribution < -0.4 is 0 Å². The number of hydrogen-bond donors (Lipinski definition) is 0. The molecule has 1 saturated heterocycles. The molecular formula is C14H17N3O2. The molecule has 0 aliphatic carbocycles. The fourth-order valence-corrected chi connectivity index (χ4v) is 2.35. The highest BCUT2D eigenvalue weighted by atomic mass is 16.3. The predicted octanol–water partition coefficient (Wildman–Crippen LogP) is 1.14. The monoisotopic (exact) mass is 259 g/mol. The lowest BCUT2D eigenvalue weighted by atomic mass is 10.1. The number of aromatic nitrogens is 1. The molecule has 1 aromatic carbocycles. The lowest BCUT2D eigenvalue weighted by Crippen LogP contribution is -2.47. The summed E-state index contributed by atoms with van der Waals surface area (Å²) in [6.45, 7) is 3.54. The molecule has 1 amide bonds. The average Bonchev–Trinajstić information content (AvgIpc) is 2.87. The highest BCUT2D eigenvalue weighted by molar-refractivity contribution is 5.81. The van der Waals surface area contributed by atoms with E-state index in [1.807, 2.05) is 23.1 Å². The van der Waals surface area contributed by atoms with Gasteiger partial charge in [0.2, 0.25) is 5.91 Å². The van der Waals surface area contributed by atoms with Crippen molar-refractivity contribution in [3.8, 4) is 0 Å². The average molecular weight is 259 g/mol. The third-order valence-electron chi connectivity index (χ3n) is 3.61. The van der Waals surface area contributed by atoms with Crippen molar-refractivity contribution in [2.75, 3.05) is 33.2 Å². The van der Waals surface area contributed by atoms with Crippen LogP contribution in [-0.4, -0.2) is 53.9 Å². The molecule has 1 fully saturated rings. The first-order chi connectivity index (χ1) is 9.22. The van der Waals surface area contributed by atoms with Crippen LogP contribution in [0.15, 0.2) is 29.0 Å². The third kappa shape index (κ3) is 2.61. The van der Waals surface area contributed by atoms with Gasteiger partial charge in [-0.2, -0.15) is 0 Å². The fraction of sp³-hybridized carbons (Fsp3) is 0.429. The van der Waals surface area contributed by atoms with E-state index in [4.69, 9.17) is 4.42 Å². The molecule has 0 N–H and O–H groups in total. The van der Waals surface area contributed by atoms with Crippen LogP contribution in [-0.2, 0) is 11.2 Å². The van der Waals surface area contributed by atoms with Gasteiger partial charge in [0, 0.05) is 26.2 Å². The SMILES string of the molecule is CN1CCN(C(=O)Cc2ccc3ncoc3c2)CC1. The van der Waals surface area contributed by atoms with Crippen LogP contribution in [0.25, 0.3) is 11.1 Å². The molecule has 1 aliphatic rings. The van der Waals surface area contributed by atoms with Crippen molar-refractivity contribution in [1.29, 1.82) is 0 Å². The van der Waals surface area contributed by atoms with Crippen LogP contribution >= 0.6 is 0 Å².